The second kappa shape index (κ2) is 9.17. The maximum Gasteiger partial charge on any atom is 0.246 e. The van der Waals surface area contributed by atoms with Crippen LogP contribution in [0.4, 0.5) is 5.69 Å². The van der Waals surface area contributed by atoms with Crippen molar-refractivity contribution in [3.63, 3.8) is 0 Å². The highest BCUT2D eigenvalue weighted by atomic mass is 35.5. The lowest BCUT2D eigenvalue weighted by atomic mass is 10.2. The van der Waals surface area contributed by atoms with Crippen LogP contribution in [0.1, 0.15) is 5.89 Å². The van der Waals surface area contributed by atoms with Gasteiger partial charge < -0.3 is 19.6 Å². The van der Waals surface area contributed by atoms with Crippen LogP contribution in [0.25, 0.3) is 11.4 Å². The Morgan fingerprint density at radius 1 is 1.35 bits per heavy atom. The van der Waals surface area contributed by atoms with E-state index in [0.29, 0.717) is 48.8 Å². The molecule has 0 atom stereocenters. The zero-order valence-corrected chi connectivity index (χ0v) is 18.1. The van der Waals surface area contributed by atoms with E-state index >= 15 is 0 Å². The summed E-state index contributed by atoms with van der Waals surface area (Å²) in [6.07, 6.45) is 4.06. The summed E-state index contributed by atoms with van der Waals surface area (Å²) < 4.78 is 7.02. The van der Waals surface area contributed by atoms with Gasteiger partial charge >= 0.3 is 0 Å². The van der Waals surface area contributed by atoms with Crippen LogP contribution in [-0.4, -0.2) is 69.9 Å². The lowest BCUT2D eigenvalue weighted by Gasteiger charge is -2.35. The van der Waals surface area contributed by atoms with Crippen molar-refractivity contribution in [3.8, 4) is 11.4 Å². The average molecular weight is 443 g/mol. The topological polar surface area (TPSA) is 105 Å². The molecule has 1 fully saturated rings. The van der Waals surface area contributed by atoms with Gasteiger partial charge in [-0.15, -0.1) is 0 Å². The van der Waals surface area contributed by atoms with Crippen molar-refractivity contribution in [3.05, 3.63) is 47.6 Å². The summed E-state index contributed by atoms with van der Waals surface area (Å²) >= 11 is 6.02. The number of hydrogen-bond acceptors (Lipinski definition) is 6. The van der Waals surface area contributed by atoms with Gasteiger partial charge in [0.2, 0.25) is 17.6 Å². The summed E-state index contributed by atoms with van der Waals surface area (Å²) in [5.41, 5.74) is 1.61. The molecule has 0 bridgehead atoms. The molecule has 3 heterocycles. The Kier molecular flexibility index (Phi) is 6.17. The van der Waals surface area contributed by atoms with Crippen LogP contribution in [0.2, 0.25) is 5.02 Å². The highest BCUT2D eigenvalue weighted by Crippen LogP contribution is 2.20. The Labute approximate surface area is 184 Å². The monoisotopic (exact) mass is 442 g/mol. The third kappa shape index (κ3) is 4.85. The summed E-state index contributed by atoms with van der Waals surface area (Å²) in [5.74, 6) is 1.67. The van der Waals surface area contributed by atoms with Gasteiger partial charge in [-0.25, -0.2) is 0 Å². The Balaban J connectivity index is 1.30. The van der Waals surface area contributed by atoms with Crippen molar-refractivity contribution < 1.29 is 9.32 Å². The molecule has 1 amide bonds. The van der Waals surface area contributed by atoms with Crippen molar-refractivity contribution in [2.45, 2.75) is 6.42 Å². The summed E-state index contributed by atoms with van der Waals surface area (Å²) in [6, 6.07) is 7.30. The summed E-state index contributed by atoms with van der Waals surface area (Å²) in [4.78, 5) is 25.0. The molecule has 0 saturated carbocycles. The lowest BCUT2D eigenvalue weighted by Crippen LogP contribution is -2.55. The molecule has 3 aromatic rings. The number of nitrogens with one attached hydrogen (secondary N) is 1. The zero-order valence-electron chi connectivity index (χ0n) is 17.3. The van der Waals surface area contributed by atoms with E-state index in [2.05, 4.69) is 25.5 Å². The molecule has 2 aromatic heterocycles. The minimum Gasteiger partial charge on any atom is -0.356 e. The zero-order chi connectivity index (χ0) is 21.8. The SMILES string of the molecule is CN=C(NCCc1nc(-c2cccc(Cl)c2)no1)N1CCN(c2cnn(C)c2)C(=O)C1. The Bertz CT molecular complexity index is 1090. The summed E-state index contributed by atoms with van der Waals surface area (Å²) in [5, 5.41) is 12.0. The number of rotatable bonds is 5. The smallest absolute Gasteiger partial charge is 0.246 e. The molecular formula is C20H23ClN8O2. The van der Waals surface area contributed by atoms with E-state index in [4.69, 9.17) is 16.1 Å². The molecule has 1 N–H and O–H groups in total. The van der Waals surface area contributed by atoms with Crippen LogP contribution < -0.4 is 10.2 Å². The number of guanidine groups is 1. The molecule has 162 valence electrons. The maximum atomic E-state index is 12.6. The number of aliphatic imine (C=N–C) groups is 1. The fourth-order valence-electron chi connectivity index (χ4n) is 3.39. The number of benzene rings is 1. The number of halogens is 1. The number of nitrogens with zero attached hydrogens (tertiary/aromatic N) is 7. The molecule has 1 aliphatic heterocycles. The summed E-state index contributed by atoms with van der Waals surface area (Å²) in [7, 11) is 3.53. The number of hydrogen-bond donors (Lipinski definition) is 1. The number of carbonyl (C=O) groups is 1. The van der Waals surface area contributed by atoms with Gasteiger partial charge in [0.1, 0.15) is 6.54 Å². The predicted octanol–water partition coefficient (Wildman–Crippen LogP) is 1.59. The van der Waals surface area contributed by atoms with Crippen LogP contribution in [0, 0.1) is 0 Å². The van der Waals surface area contributed by atoms with Gasteiger partial charge in [-0.1, -0.05) is 28.9 Å². The molecule has 0 spiro atoms. The third-order valence-electron chi connectivity index (χ3n) is 4.91. The van der Waals surface area contributed by atoms with Crippen molar-refractivity contribution in [1.29, 1.82) is 0 Å². The van der Waals surface area contributed by atoms with Gasteiger partial charge in [-0.3, -0.25) is 14.5 Å². The first-order valence-electron chi connectivity index (χ1n) is 9.86. The van der Waals surface area contributed by atoms with E-state index < -0.39 is 0 Å². The third-order valence-corrected chi connectivity index (χ3v) is 5.14. The highest BCUT2D eigenvalue weighted by Gasteiger charge is 2.27. The quantitative estimate of drug-likeness (QED) is 0.472. The first-order chi connectivity index (χ1) is 15.0. The van der Waals surface area contributed by atoms with Crippen molar-refractivity contribution in [2.24, 2.45) is 12.0 Å². The van der Waals surface area contributed by atoms with Crippen molar-refractivity contribution in [1.82, 2.24) is 30.1 Å². The number of carbonyl (C=O) groups excluding carboxylic acids is 1. The van der Waals surface area contributed by atoms with E-state index in [1.165, 1.54) is 0 Å². The van der Waals surface area contributed by atoms with Crippen LogP contribution in [0.15, 0.2) is 46.2 Å². The number of amides is 1. The molecule has 1 aliphatic rings. The first-order valence-corrected chi connectivity index (χ1v) is 10.2. The molecular weight excluding hydrogens is 420 g/mol. The molecule has 1 aromatic carbocycles. The Hall–Kier alpha value is -3.40. The van der Waals surface area contributed by atoms with Crippen LogP contribution in [0.5, 0.6) is 0 Å². The number of aromatic nitrogens is 4. The van der Waals surface area contributed by atoms with E-state index in [-0.39, 0.29) is 12.5 Å². The summed E-state index contributed by atoms with van der Waals surface area (Å²) in [6.45, 7) is 2.02. The van der Waals surface area contributed by atoms with Crippen molar-refractivity contribution in [2.75, 3.05) is 38.1 Å². The minimum atomic E-state index is 0.00487. The lowest BCUT2D eigenvalue weighted by molar-refractivity contribution is -0.120. The first kappa shape index (κ1) is 20.9. The van der Waals surface area contributed by atoms with E-state index in [0.717, 1.165) is 11.3 Å². The van der Waals surface area contributed by atoms with E-state index in [1.807, 2.05) is 30.3 Å². The molecule has 0 aliphatic carbocycles. The average Bonchev–Trinajstić information content (AvgIpc) is 3.40. The predicted molar refractivity (Wildman–Crippen MR) is 117 cm³/mol. The normalized spacial score (nSPS) is 14.9. The van der Waals surface area contributed by atoms with Crippen LogP contribution >= 0.6 is 11.6 Å². The van der Waals surface area contributed by atoms with Gasteiger partial charge in [-0.05, 0) is 12.1 Å². The van der Waals surface area contributed by atoms with E-state index in [1.54, 1.807) is 35.0 Å². The van der Waals surface area contributed by atoms with Crippen LogP contribution in [-0.2, 0) is 18.3 Å². The van der Waals surface area contributed by atoms with Gasteiger partial charge in [0, 0.05) is 56.9 Å². The molecule has 4 rings (SSSR count). The van der Waals surface area contributed by atoms with Crippen molar-refractivity contribution >= 4 is 29.2 Å². The fraction of sp³-hybridized carbons (Fsp3) is 0.350. The molecule has 10 nitrogen and oxygen atoms in total. The van der Waals surface area contributed by atoms with Gasteiger partial charge in [-0.2, -0.15) is 10.1 Å². The molecule has 0 unspecified atom stereocenters. The van der Waals surface area contributed by atoms with Gasteiger partial charge in [0.25, 0.3) is 0 Å². The highest BCUT2D eigenvalue weighted by molar-refractivity contribution is 6.30. The molecule has 31 heavy (non-hydrogen) atoms. The number of aryl methyl sites for hydroxylation is 1. The Morgan fingerprint density at radius 3 is 2.94 bits per heavy atom. The maximum absolute atomic E-state index is 12.6. The number of piperazine rings is 1. The minimum absolute atomic E-state index is 0.00487. The van der Waals surface area contributed by atoms with Gasteiger partial charge in [0.05, 0.1) is 11.9 Å². The molecule has 0 radical (unpaired) electrons. The second-order valence-corrected chi connectivity index (χ2v) is 7.52. The van der Waals surface area contributed by atoms with Gasteiger partial charge in [0.15, 0.2) is 5.96 Å². The fourth-order valence-corrected chi connectivity index (χ4v) is 3.58. The number of anilines is 1. The molecule has 11 heteroatoms. The largest absolute Gasteiger partial charge is 0.356 e. The molecule has 1 saturated heterocycles. The van der Waals surface area contributed by atoms with Crippen LogP contribution in [0.3, 0.4) is 0 Å². The Morgan fingerprint density at radius 2 is 2.23 bits per heavy atom. The van der Waals surface area contributed by atoms with E-state index in [9.17, 15) is 4.79 Å². The second-order valence-electron chi connectivity index (χ2n) is 7.09. The standard InChI is InChI=1S/C20H23ClN8O2/c1-22-20(28-8-9-29(18(30)13-28)16-11-24-27(2)12-16)23-7-6-17-25-19(26-31-17)14-4-3-5-15(21)10-14/h3-5,10-12H,6-9,13H2,1-2H3,(H,22,23).